The Bertz CT molecular complexity index is 2460. The Kier molecular flexibility index (Phi) is 4.93. The van der Waals surface area contributed by atoms with Crippen molar-refractivity contribution in [3.05, 3.63) is 158 Å². The number of para-hydroxylation sites is 2. The average Bonchev–Trinajstić information content (AvgIpc) is 3.64. The summed E-state index contributed by atoms with van der Waals surface area (Å²) in [6.45, 7) is 0. The van der Waals surface area contributed by atoms with Gasteiger partial charge in [0.05, 0.1) is 16.6 Å². The summed E-state index contributed by atoms with van der Waals surface area (Å²) in [5.74, 6) is 0. The lowest BCUT2D eigenvalue weighted by Gasteiger charge is -2.13. The fourth-order valence-electron chi connectivity index (χ4n) is 6.86. The van der Waals surface area contributed by atoms with E-state index in [1.165, 1.54) is 71.1 Å². The lowest BCUT2D eigenvalue weighted by Crippen LogP contribution is -1.95. The molecule has 2 nitrogen and oxygen atoms in total. The Morgan fingerprint density at radius 1 is 0.381 bits per heavy atom. The van der Waals surface area contributed by atoms with Crippen LogP contribution in [0.1, 0.15) is 0 Å². The second kappa shape index (κ2) is 8.95. The van der Waals surface area contributed by atoms with Gasteiger partial charge in [-0.15, -0.1) is 0 Å². The normalized spacial score (nSPS) is 11.8. The van der Waals surface area contributed by atoms with Crippen molar-refractivity contribution in [2.75, 3.05) is 0 Å². The smallest absolute Gasteiger partial charge is 0.0635 e. The van der Waals surface area contributed by atoms with Crippen LogP contribution in [0, 0.1) is 0 Å². The minimum Gasteiger partial charge on any atom is -0.316 e. The van der Waals surface area contributed by atoms with Gasteiger partial charge in [-0.3, -0.25) is 0 Å². The van der Waals surface area contributed by atoms with E-state index in [-0.39, 0.29) is 0 Å². The maximum atomic E-state index is 2.41. The molecule has 2 aromatic heterocycles. The van der Waals surface area contributed by atoms with Crippen molar-refractivity contribution in [1.29, 1.82) is 0 Å². The molecule has 196 valence electrons. The fourth-order valence-corrected chi connectivity index (χ4v) is 6.86. The van der Waals surface area contributed by atoms with E-state index >= 15 is 0 Å². The van der Waals surface area contributed by atoms with Gasteiger partial charge in [0.25, 0.3) is 0 Å². The molecule has 9 rings (SSSR count). The van der Waals surface area contributed by atoms with Gasteiger partial charge in [-0.25, -0.2) is 0 Å². The van der Waals surface area contributed by atoms with E-state index < -0.39 is 0 Å². The standard InChI is InChI=1S/C40H26N2/c1-2-13-29(14-3-1)42-39-20-9-8-19-34(39)35-21-22-38-36(40(35)42)23-24-41(38)30-15-10-12-27(25-30)37-26-28-11-4-5-16-31(28)32-17-6-7-18-33(32)37/h1-26H. The minimum atomic E-state index is 1.15. The highest BCUT2D eigenvalue weighted by molar-refractivity contribution is 6.18. The van der Waals surface area contributed by atoms with Crippen LogP contribution < -0.4 is 0 Å². The Hall–Kier alpha value is -5.60. The molecule has 0 atom stereocenters. The fraction of sp³-hybridized carbons (Fsp3) is 0. The summed E-state index contributed by atoms with van der Waals surface area (Å²) in [5.41, 5.74) is 8.48. The van der Waals surface area contributed by atoms with Gasteiger partial charge in [0.15, 0.2) is 0 Å². The third-order valence-electron chi connectivity index (χ3n) is 8.72. The van der Waals surface area contributed by atoms with Crippen molar-refractivity contribution >= 4 is 54.3 Å². The zero-order valence-electron chi connectivity index (χ0n) is 22.9. The summed E-state index contributed by atoms with van der Waals surface area (Å²) in [6.07, 6.45) is 2.22. The van der Waals surface area contributed by atoms with Crippen LogP contribution in [0.25, 0.3) is 76.8 Å². The molecule has 7 aromatic carbocycles. The second-order valence-electron chi connectivity index (χ2n) is 11.0. The summed E-state index contributed by atoms with van der Waals surface area (Å²) < 4.78 is 4.74. The van der Waals surface area contributed by atoms with Crippen molar-refractivity contribution in [3.8, 4) is 22.5 Å². The highest BCUT2D eigenvalue weighted by Crippen LogP contribution is 2.39. The Labute approximate surface area is 243 Å². The maximum absolute atomic E-state index is 2.41. The van der Waals surface area contributed by atoms with Crippen LogP contribution in [0.5, 0.6) is 0 Å². The molecule has 2 heterocycles. The number of hydrogen-bond acceptors (Lipinski definition) is 0. The zero-order valence-corrected chi connectivity index (χ0v) is 22.9. The number of hydrogen-bond donors (Lipinski definition) is 0. The van der Waals surface area contributed by atoms with Crippen LogP contribution in [0.15, 0.2) is 158 Å². The number of aromatic nitrogens is 2. The van der Waals surface area contributed by atoms with Crippen molar-refractivity contribution in [2.24, 2.45) is 0 Å². The summed E-state index contributed by atoms with van der Waals surface area (Å²) in [7, 11) is 0. The number of benzene rings is 7. The van der Waals surface area contributed by atoms with E-state index in [1.807, 2.05) is 0 Å². The van der Waals surface area contributed by atoms with Gasteiger partial charge >= 0.3 is 0 Å². The molecule has 0 radical (unpaired) electrons. The topological polar surface area (TPSA) is 9.86 Å². The van der Waals surface area contributed by atoms with Crippen LogP contribution in [-0.4, -0.2) is 9.13 Å². The first kappa shape index (κ1) is 23.1. The van der Waals surface area contributed by atoms with Crippen LogP contribution in [-0.2, 0) is 0 Å². The predicted molar refractivity (Wildman–Crippen MR) is 178 cm³/mol. The van der Waals surface area contributed by atoms with E-state index in [2.05, 4.69) is 167 Å². The van der Waals surface area contributed by atoms with Gasteiger partial charge in [0, 0.05) is 33.7 Å². The van der Waals surface area contributed by atoms with Gasteiger partial charge in [0.1, 0.15) is 0 Å². The zero-order chi connectivity index (χ0) is 27.6. The molecule has 9 aromatic rings. The molecular weight excluding hydrogens is 508 g/mol. The van der Waals surface area contributed by atoms with E-state index in [0.29, 0.717) is 0 Å². The summed E-state index contributed by atoms with van der Waals surface area (Å²) >= 11 is 0. The summed E-state index contributed by atoms with van der Waals surface area (Å²) in [5, 5.41) is 8.92. The quantitative estimate of drug-likeness (QED) is 0.200. The Morgan fingerprint density at radius 2 is 1.10 bits per heavy atom. The molecule has 0 aliphatic carbocycles. The lowest BCUT2D eigenvalue weighted by atomic mass is 9.93. The molecule has 0 amide bonds. The molecular formula is C40H26N2. The van der Waals surface area contributed by atoms with Crippen molar-refractivity contribution < 1.29 is 0 Å². The highest BCUT2D eigenvalue weighted by atomic mass is 15.0. The summed E-state index contributed by atoms with van der Waals surface area (Å²) in [6, 6.07) is 55.0. The third-order valence-corrected chi connectivity index (χ3v) is 8.72. The van der Waals surface area contributed by atoms with Crippen molar-refractivity contribution in [3.63, 3.8) is 0 Å². The van der Waals surface area contributed by atoms with Gasteiger partial charge in [-0.1, -0.05) is 103 Å². The van der Waals surface area contributed by atoms with Crippen LogP contribution in [0.2, 0.25) is 0 Å². The second-order valence-corrected chi connectivity index (χ2v) is 11.0. The molecule has 0 aliphatic heterocycles. The molecule has 0 spiro atoms. The largest absolute Gasteiger partial charge is 0.316 e. The van der Waals surface area contributed by atoms with E-state index in [4.69, 9.17) is 0 Å². The molecule has 0 unspecified atom stereocenters. The molecule has 2 heteroatoms. The number of nitrogens with zero attached hydrogens (tertiary/aromatic N) is 2. The number of fused-ring (bicyclic) bond motifs is 8. The van der Waals surface area contributed by atoms with Crippen LogP contribution >= 0.6 is 0 Å². The first-order valence-corrected chi connectivity index (χ1v) is 14.5. The highest BCUT2D eigenvalue weighted by Gasteiger charge is 2.17. The molecule has 0 bridgehead atoms. The monoisotopic (exact) mass is 534 g/mol. The molecule has 0 saturated carbocycles. The maximum Gasteiger partial charge on any atom is 0.0635 e. The van der Waals surface area contributed by atoms with Crippen molar-refractivity contribution in [2.45, 2.75) is 0 Å². The van der Waals surface area contributed by atoms with Gasteiger partial charge in [-0.2, -0.15) is 0 Å². The molecule has 0 saturated heterocycles. The molecule has 0 aliphatic rings. The molecule has 0 fully saturated rings. The van der Waals surface area contributed by atoms with Gasteiger partial charge < -0.3 is 9.13 Å². The minimum absolute atomic E-state index is 1.15. The average molecular weight is 535 g/mol. The van der Waals surface area contributed by atoms with Gasteiger partial charge in [-0.05, 0) is 81.2 Å². The third kappa shape index (κ3) is 3.33. The van der Waals surface area contributed by atoms with E-state index in [0.717, 1.165) is 5.69 Å². The van der Waals surface area contributed by atoms with Gasteiger partial charge in [0.2, 0.25) is 0 Å². The lowest BCUT2D eigenvalue weighted by molar-refractivity contribution is 1.13. The Morgan fingerprint density at radius 3 is 1.98 bits per heavy atom. The Balaban J connectivity index is 1.28. The first-order valence-electron chi connectivity index (χ1n) is 14.5. The summed E-state index contributed by atoms with van der Waals surface area (Å²) in [4.78, 5) is 0. The van der Waals surface area contributed by atoms with E-state index in [9.17, 15) is 0 Å². The van der Waals surface area contributed by atoms with Crippen LogP contribution in [0.3, 0.4) is 0 Å². The SMILES string of the molecule is c1ccc(-n2c3ccccc3c3ccc4c(ccn4-c4cccc(-c5cc6ccccc6c6ccccc56)c4)c32)cc1. The van der Waals surface area contributed by atoms with Crippen molar-refractivity contribution in [1.82, 2.24) is 9.13 Å². The molecule has 0 N–H and O–H groups in total. The molecule has 42 heavy (non-hydrogen) atoms. The number of rotatable bonds is 3. The predicted octanol–water partition coefficient (Wildman–Crippen LogP) is 10.7. The van der Waals surface area contributed by atoms with Crippen LogP contribution in [0.4, 0.5) is 0 Å². The first-order chi connectivity index (χ1) is 20.8. The van der Waals surface area contributed by atoms with E-state index in [1.54, 1.807) is 0 Å².